The molecule has 0 atom stereocenters. The number of nitriles is 1. The van der Waals surface area contributed by atoms with Crippen molar-refractivity contribution in [2.24, 2.45) is 5.41 Å². The Morgan fingerprint density at radius 1 is 1.36 bits per heavy atom. The molecule has 1 aromatic carbocycles. The Hall–Kier alpha value is -1.86. The van der Waals surface area contributed by atoms with Crippen LogP contribution in [0.3, 0.4) is 0 Å². The highest BCUT2D eigenvalue weighted by Crippen LogP contribution is 2.22. The van der Waals surface area contributed by atoms with Gasteiger partial charge in [0.2, 0.25) is 5.91 Å². The minimum Gasteiger partial charge on any atom is -0.374 e. The molecule has 0 bridgehead atoms. The molecular weight excluding hydrogens is 276 g/mol. The molecular formula is C18H24N2O2. The van der Waals surface area contributed by atoms with Gasteiger partial charge in [0.1, 0.15) is 5.41 Å². The van der Waals surface area contributed by atoms with E-state index in [1.54, 1.807) is 13.8 Å². The van der Waals surface area contributed by atoms with E-state index in [2.05, 4.69) is 5.32 Å². The average Bonchev–Trinajstić information content (AvgIpc) is 2.54. The lowest BCUT2D eigenvalue weighted by molar-refractivity contribution is -0.121. The number of hydrogen-bond donors (Lipinski definition) is 1. The van der Waals surface area contributed by atoms with Crippen molar-refractivity contribution < 1.29 is 9.53 Å². The fourth-order valence-electron chi connectivity index (χ4n) is 2.52. The molecule has 1 saturated carbocycles. The lowest BCUT2D eigenvalue weighted by Crippen LogP contribution is -2.29. The lowest BCUT2D eigenvalue weighted by atomic mass is 9.94. The van der Waals surface area contributed by atoms with E-state index in [9.17, 15) is 4.79 Å². The summed E-state index contributed by atoms with van der Waals surface area (Å²) < 4.78 is 5.95. The molecule has 0 spiro atoms. The first kappa shape index (κ1) is 16.5. The number of carbonyl (C=O) groups is 1. The quantitative estimate of drug-likeness (QED) is 0.893. The zero-order valence-electron chi connectivity index (χ0n) is 13.4. The maximum absolute atomic E-state index is 12.0. The molecule has 2 rings (SSSR count). The van der Waals surface area contributed by atoms with Gasteiger partial charge in [-0.2, -0.15) is 5.26 Å². The minimum atomic E-state index is -1.03. The van der Waals surface area contributed by atoms with Gasteiger partial charge in [0.05, 0.1) is 18.8 Å². The van der Waals surface area contributed by atoms with E-state index in [0.29, 0.717) is 18.4 Å². The Kier molecular flexibility index (Phi) is 5.57. The normalized spacial score (nSPS) is 16.0. The summed E-state index contributed by atoms with van der Waals surface area (Å²) in [5, 5.41) is 11.8. The Balaban J connectivity index is 1.92. The summed E-state index contributed by atoms with van der Waals surface area (Å²) in [5.41, 5.74) is 0.713. The van der Waals surface area contributed by atoms with Gasteiger partial charge in [-0.05, 0) is 44.4 Å². The van der Waals surface area contributed by atoms with E-state index in [0.717, 1.165) is 18.4 Å². The van der Waals surface area contributed by atoms with Crippen LogP contribution in [0.5, 0.6) is 0 Å². The van der Waals surface area contributed by atoms with Crippen LogP contribution in [0.25, 0.3) is 0 Å². The average molecular weight is 300 g/mol. The van der Waals surface area contributed by atoms with E-state index >= 15 is 0 Å². The molecule has 1 amide bonds. The first-order valence-corrected chi connectivity index (χ1v) is 7.94. The third-order valence-electron chi connectivity index (χ3n) is 4.07. The summed E-state index contributed by atoms with van der Waals surface area (Å²) in [6.07, 6.45) is 6.48. The molecule has 1 fully saturated rings. The van der Waals surface area contributed by atoms with Crippen molar-refractivity contribution in [2.75, 3.05) is 5.32 Å². The van der Waals surface area contributed by atoms with Crippen LogP contribution in [0.15, 0.2) is 24.3 Å². The number of carbonyl (C=O) groups excluding carboxylic acids is 1. The van der Waals surface area contributed by atoms with Crippen LogP contribution >= 0.6 is 0 Å². The molecule has 0 heterocycles. The minimum absolute atomic E-state index is 0.291. The molecule has 0 unspecified atom stereocenters. The van der Waals surface area contributed by atoms with Gasteiger partial charge >= 0.3 is 0 Å². The second-order valence-corrected chi connectivity index (χ2v) is 6.46. The molecule has 0 aliphatic heterocycles. The monoisotopic (exact) mass is 300 g/mol. The summed E-state index contributed by atoms with van der Waals surface area (Å²) in [7, 11) is 0. The van der Waals surface area contributed by atoms with Crippen LogP contribution in [0.2, 0.25) is 0 Å². The number of rotatable bonds is 5. The van der Waals surface area contributed by atoms with Crippen LogP contribution in [0.4, 0.5) is 5.69 Å². The Labute approximate surface area is 132 Å². The summed E-state index contributed by atoms with van der Waals surface area (Å²) in [5.74, 6) is -0.291. The highest BCUT2D eigenvalue weighted by Gasteiger charge is 2.27. The van der Waals surface area contributed by atoms with Gasteiger partial charge in [0.25, 0.3) is 0 Å². The van der Waals surface area contributed by atoms with Gasteiger partial charge in [-0.1, -0.05) is 31.4 Å². The van der Waals surface area contributed by atoms with E-state index in [1.165, 1.54) is 19.3 Å². The first-order valence-electron chi connectivity index (χ1n) is 7.94. The predicted octanol–water partition coefficient (Wildman–Crippen LogP) is 4.02. The fraction of sp³-hybridized carbons (Fsp3) is 0.556. The molecule has 0 saturated heterocycles. The Morgan fingerprint density at radius 2 is 2.09 bits per heavy atom. The first-order chi connectivity index (χ1) is 10.5. The van der Waals surface area contributed by atoms with Gasteiger partial charge in [-0.3, -0.25) is 4.79 Å². The molecule has 0 aromatic heterocycles. The van der Waals surface area contributed by atoms with E-state index in [-0.39, 0.29) is 5.91 Å². The summed E-state index contributed by atoms with van der Waals surface area (Å²) in [4.78, 5) is 12.0. The maximum atomic E-state index is 12.0. The van der Waals surface area contributed by atoms with Gasteiger partial charge in [-0.15, -0.1) is 0 Å². The molecule has 1 N–H and O–H groups in total. The molecule has 22 heavy (non-hydrogen) atoms. The van der Waals surface area contributed by atoms with Crippen LogP contribution in [-0.2, 0) is 16.1 Å². The number of benzene rings is 1. The number of amides is 1. The second kappa shape index (κ2) is 7.42. The largest absolute Gasteiger partial charge is 0.374 e. The van der Waals surface area contributed by atoms with Crippen LogP contribution < -0.4 is 5.32 Å². The van der Waals surface area contributed by atoms with Crippen molar-refractivity contribution in [1.29, 1.82) is 5.26 Å². The fourth-order valence-corrected chi connectivity index (χ4v) is 2.52. The zero-order valence-corrected chi connectivity index (χ0v) is 13.4. The summed E-state index contributed by atoms with van der Waals surface area (Å²) in [6.45, 7) is 3.78. The molecule has 1 aliphatic carbocycles. The molecule has 118 valence electrons. The van der Waals surface area contributed by atoms with Crippen LogP contribution in [-0.4, -0.2) is 12.0 Å². The van der Waals surface area contributed by atoms with Gasteiger partial charge in [0, 0.05) is 5.69 Å². The zero-order chi connectivity index (χ0) is 16.0. The molecule has 0 radical (unpaired) electrons. The molecule has 1 aliphatic rings. The standard InChI is InChI=1S/C18H24N2O2/c1-18(2,13-19)17(21)20-15-8-6-7-14(11-15)12-22-16-9-4-3-5-10-16/h6-8,11,16H,3-5,9-10,12H2,1-2H3,(H,20,21). The topological polar surface area (TPSA) is 62.1 Å². The van der Waals surface area contributed by atoms with Crippen molar-refractivity contribution in [3.63, 3.8) is 0 Å². The van der Waals surface area contributed by atoms with Crippen molar-refractivity contribution in [3.8, 4) is 6.07 Å². The number of anilines is 1. The smallest absolute Gasteiger partial charge is 0.244 e. The predicted molar refractivity (Wildman–Crippen MR) is 86.1 cm³/mol. The van der Waals surface area contributed by atoms with Crippen LogP contribution in [0.1, 0.15) is 51.5 Å². The van der Waals surface area contributed by atoms with E-state index in [1.807, 2.05) is 30.3 Å². The summed E-state index contributed by atoms with van der Waals surface area (Å²) >= 11 is 0. The maximum Gasteiger partial charge on any atom is 0.244 e. The highest BCUT2D eigenvalue weighted by atomic mass is 16.5. The summed E-state index contributed by atoms with van der Waals surface area (Å²) in [6, 6.07) is 9.64. The lowest BCUT2D eigenvalue weighted by Gasteiger charge is -2.22. The number of hydrogen-bond acceptors (Lipinski definition) is 3. The number of nitrogens with zero attached hydrogens (tertiary/aromatic N) is 1. The van der Waals surface area contributed by atoms with Crippen molar-refractivity contribution >= 4 is 11.6 Å². The van der Waals surface area contributed by atoms with Crippen molar-refractivity contribution in [1.82, 2.24) is 0 Å². The van der Waals surface area contributed by atoms with Crippen molar-refractivity contribution in [2.45, 2.75) is 58.7 Å². The second-order valence-electron chi connectivity index (χ2n) is 6.46. The number of nitrogens with one attached hydrogen (secondary N) is 1. The van der Waals surface area contributed by atoms with Gasteiger partial charge in [0.15, 0.2) is 0 Å². The van der Waals surface area contributed by atoms with E-state index in [4.69, 9.17) is 10.00 Å². The highest BCUT2D eigenvalue weighted by molar-refractivity contribution is 5.96. The van der Waals surface area contributed by atoms with Gasteiger partial charge in [-0.25, -0.2) is 0 Å². The third kappa shape index (κ3) is 4.57. The Bertz CT molecular complexity index is 554. The van der Waals surface area contributed by atoms with E-state index < -0.39 is 5.41 Å². The third-order valence-corrected chi connectivity index (χ3v) is 4.07. The molecule has 4 heteroatoms. The van der Waals surface area contributed by atoms with Crippen LogP contribution in [0, 0.1) is 16.7 Å². The van der Waals surface area contributed by atoms with Gasteiger partial charge < -0.3 is 10.1 Å². The molecule has 1 aromatic rings. The van der Waals surface area contributed by atoms with Crippen molar-refractivity contribution in [3.05, 3.63) is 29.8 Å². The molecule has 4 nitrogen and oxygen atoms in total. The SMILES string of the molecule is CC(C)(C#N)C(=O)Nc1cccc(COC2CCCCC2)c1. The Morgan fingerprint density at radius 3 is 2.77 bits per heavy atom. The number of ether oxygens (including phenoxy) is 1.